The number of carbonyl (C=O) groups excluding carboxylic acids is 1. The van der Waals surface area contributed by atoms with Gasteiger partial charge in [-0.25, -0.2) is 4.98 Å². The summed E-state index contributed by atoms with van der Waals surface area (Å²) in [5.74, 6) is 1.34. The van der Waals surface area contributed by atoms with Crippen molar-refractivity contribution >= 4 is 11.7 Å². The Labute approximate surface area is 137 Å². The van der Waals surface area contributed by atoms with Gasteiger partial charge in [0.2, 0.25) is 5.91 Å². The lowest BCUT2D eigenvalue weighted by atomic mass is 9.78. The van der Waals surface area contributed by atoms with E-state index in [4.69, 9.17) is 4.74 Å². The summed E-state index contributed by atoms with van der Waals surface area (Å²) in [7, 11) is 0. The molecule has 0 bridgehead atoms. The number of carbonyl (C=O) groups is 1. The van der Waals surface area contributed by atoms with Crippen LogP contribution < -0.4 is 4.90 Å². The van der Waals surface area contributed by atoms with E-state index >= 15 is 0 Å². The molecular weight excluding hydrogens is 290 g/mol. The summed E-state index contributed by atoms with van der Waals surface area (Å²) in [6, 6.07) is 7.24. The van der Waals surface area contributed by atoms with E-state index in [0.29, 0.717) is 11.9 Å². The smallest absolute Gasteiger partial charge is 0.230 e. The van der Waals surface area contributed by atoms with Crippen molar-refractivity contribution in [3.05, 3.63) is 24.4 Å². The van der Waals surface area contributed by atoms with Gasteiger partial charge in [-0.15, -0.1) is 0 Å². The topological polar surface area (TPSA) is 45.7 Å². The van der Waals surface area contributed by atoms with Crippen LogP contribution in [-0.4, -0.2) is 54.7 Å². The fourth-order valence-corrected chi connectivity index (χ4v) is 4.40. The van der Waals surface area contributed by atoms with E-state index in [2.05, 4.69) is 20.9 Å². The van der Waals surface area contributed by atoms with Crippen LogP contribution in [0.5, 0.6) is 0 Å². The number of hydrogen-bond donors (Lipinski definition) is 0. The molecule has 1 aromatic rings. The molecular formula is C18H24N3O2. The fraction of sp³-hybridized carbons (Fsp3) is 0.667. The van der Waals surface area contributed by atoms with Gasteiger partial charge in [0.15, 0.2) is 0 Å². The number of nitrogens with zero attached hydrogens (tertiary/aromatic N) is 3. The minimum Gasteiger partial charge on any atom is -0.381 e. The lowest BCUT2D eigenvalue weighted by Gasteiger charge is -2.40. The van der Waals surface area contributed by atoms with Gasteiger partial charge in [0, 0.05) is 51.2 Å². The van der Waals surface area contributed by atoms with Crippen LogP contribution in [0.3, 0.4) is 0 Å². The first-order valence-corrected chi connectivity index (χ1v) is 8.74. The summed E-state index contributed by atoms with van der Waals surface area (Å²) < 4.78 is 5.45. The van der Waals surface area contributed by atoms with Crippen molar-refractivity contribution in [3.63, 3.8) is 0 Å². The van der Waals surface area contributed by atoms with E-state index < -0.39 is 0 Å². The van der Waals surface area contributed by atoms with Gasteiger partial charge >= 0.3 is 0 Å². The summed E-state index contributed by atoms with van der Waals surface area (Å²) in [6.07, 6.45) is 6.75. The molecule has 1 atom stereocenters. The Kier molecular flexibility index (Phi) is 3.97. The van der Waals surface area contributed by atoms with Crippen molar-refractivity contribution < 1.29 is 9.53 Å². The van der Waals surface area contributed by atoms with Crippen molar-refractivity contribution in [2.75, 3.05) is 37.7 Å². The molecule has 1 amide bonds. The molecule has 0 N–H and O–H groups in total. The van der Waals surface area contributed by atoms with Crippen molar-refractivity contribution in [1.29, 1.82) is 0 Å². The molecule has 0 aromatic carbocycles. The first-order chi connectivity index (χ1) is 11.3. The number of hydrogen-bond acceptors (Lipinski definition) is 4. The van der Waals surface area contributed by atoms with Crippen LogP contribution in [0.2, 0.25) is 0 Å². The number of rotatable bonds is 2. The third-order valence-corrected chi connectivity index (χ3v) is 5.68. The fourth-order valence-electron chi connectivity index (χ4n) is 4.40. The third kappa shape index (κ3) is 2.71. The first-order valence-electron chi connectivity index (χ1n) is 8.74. The molecule has 3 fully saturated rings. The molecule has 23 heavy (non-hydrogen) atoms. The Balaban J connectivity index is 1.50. The van der Waals surface area contributed by atoms with E-state index in [1.165, 1.54) is 0 Å². The number of aromatic nitrogens is 1. The maximum absolute atomic E-state index is 13.2. The third-order valence-electron chi connectivity index (χ3n) is 5.68. The molecule has 1 aromatic heterocycles. The summed E-state index contributed by atoms with van der Waals surface area (Å²) in [5.41, 5.74) is -0.197. The largest absolute Gasteiger partial charge is 0.381 e. The average Bonchev–Trinajstić information content (AvgIpc) is 2.93. The van der Waals surface area contributed by atoms with Crippen LogP contribution in [0.15, 0.2) is 18.3 Å². The van der Waals surface area contributed by atoms with E-state index in [-0.39, 0.29) is 5.41 Å². The standard InChI is InChI=1S/C18H24N3O2/c22-17-18(8-11-21(17)15-5-12-23-13-6-15)7-3-10-20(14-18)16-4-1-2-9-19-16/h1,4,9,15H,3,5-8,10-14H2/t18-/m1/s1. The molecule has 5 nitrogen and oxygen atoms in total. The predicted molar refractivity (Wildman–Crippen MR) is 87.1 cm³/mol. The van der Waals surface area contributed by atoms with Crippen molar-refractivity contribution in [3.8, 4) is 0 Å². The Morgan fingerprint density at radius 2 is 2.13 bits per heavy atom. The van der Waals surface area contributed by atoms with Crippen LogP contribution in [0, 0.1) is 11.5 Å². The van der Waals surface area contributed by atoms with Crippen LogP contribution in [-0.2, 0) is 9.53 Å². The van der Waals surface area contributed by atoms with Gasteiger partial charge in [-0.3, -0.25) is 4.79 Å². The van der Waals surface area contributed by atoms with Gasteiger partial charge < -0.3 is 14.5 Å². The minimum atomic E-state index is -0.197. The molecule has 1 spiro atoms. The number of piperidine rings is 1. The van der Waals surface area contributed by atoms with Crippen LogP contribution >= 0.6 is 0 Å². The molecule has 0 aliphatic carbocycles. The molecule has 4 rings (SSSR count). The highest BCUT2D eigenvalue weighted by Crippen LogP contribution is 2.42. The minimum absolute atomic E-state index is 0.197. The molecule has 3 aliphatic rings. The highest BCUT2D eigenvalue weighted by molar-refractivity contribution is 5.86. The molecule has 3 aliphatic heterocycles. The molecule has 1 radical (unpaired) electrons. The van der Waals surface area contributed by atoms with E-state index in [0.717, 1.165) is 70.8 Å². The molecule has 4 heterocycles. The maximum atomic E-state index is 13.2. The Morgan fingerprint density at radius 1 is 1.26 bits per heavy atom. The van der Waals surface area contributed by atoms with Gasteiger partial charge in [0.25, 0.3) is 0 Å². The first kappa shape index (κ1) is 14.9. The van der Waals surface area contributed by atoms with Crippen LogP contribution in [0.25, 0.3) is 0 Å². The molecule has 123 valence electrons. The Morgan fingerprint density at radius 3 is 2.91 bits per heavy atom. The molecule has 3 saturated heterocycles. The van der Waals surface area contributed by atoms with Gasteiger partial charge in [0.05, 0.1) is 5.41 Å². The summed E-state index contributed by atoms with van der Waals surface area (Å²) in [6.45, 7) is 4.29. The number of ether oxygens (including phenoxy) is 1. The number of amides is 1. The Bertz CT molecular complexity index is 559. The van der Waals surface area contributed by atoms with E-state index in [1.54, 1.807) is 6.20 Å². The van der Waals surface area contributed by atoms with Gasteiger partial charge in [-0.2, -0.15) is 0 Å². The van der Waals surface area contributed by atoms with Gasteiger partial charge in [-0.1, -0.05) is 0 Å². The second-order valence-corrected chi connectivity index (χ2v) is 7.01. The predicted octanol–water partition coefficient (Wildman–Crippen LogP) is 1.88. The number of anilines is 1. The summed E-state index contributed by atoms with van der Waals surface area (Å²) >= 11 is 0. The monoisotopic (exact) mass is 314 g/mol. The highest BCUT2D eigenvalue weighted by Gasteiger charge is 2.50. The van der Waals surface area contributed by atoms with Crippen molar-refractivity contribution in [2.45, 2.75) is 38.1 Å². The van der Waals surface area contributed by atoms with E-state index in [9.17, 15) is 4.79 Å². The van der Waals surface area contributed by atoms with E-state index in [1.807, 2.05) is 12.1 Å². The SMILES string of the molecule is O=C1N(C2CCOCC2)CC[C@@]12CCCN(c1cc[c]cn1)C2. The summed E-state index contributed by atoms with van der Waals surface area (Å²) in [4.78, 5) is 22.0. The lowest BCUT2D eigenvalue weighted by molar-refractivity contribution is -0.139. The van der Waals surface area contributed by atoms with Crippen LogP contribution in [0.4, 0.5) is 5.82 Å². The molecule has 0 saturated carbocycles. The van der Waals surface area contributed by atoms with Crippen molar-refractivity contribution in [1.82, 2.24) is 9.88 Å². The number of pyridine rings is 1. The quantitative estimate of drug-likeness (QED) is 0.836. The molecule has 0 unspecified atom stereocenters. The zero-order valence-corrected chi connectivity index (χ0v) is 13.5. The Hall–Kier alpha value is -1.62. The molecule has 5 heteroatoms. The zero-order chi connectivity index (χ0) is 15.7. The maximum Gasteiger partial charge on any atom is 0.230 e. The van der Waals surface area contributed by atoms with Gasteiger partial charge in [-0.05, 0) is 44.2 Å². The highest BCUT2D eigenvalue weighted by atomic mass is 16.5. The second kappa shape index (κ2) is 6.11. The summed E-state index contributed by atoms with van der Waals surface area (Å²) in [5, 5.41) is 0. The average molecular weight is 314 g/mol. The van der Waals surface area contributed by atoms with Gasteiger partial charge in [0.1, 0.15) is 5.82 Å². The number of likely N-dealkylation sites (tertiary alicyclic amines) is 1. The normalized spacial score (nSPS) is 29.5. The lowest BCUT2D eigenvalue weighted by Crippen LogP contribution is -2.50. The van der Waals surface area contributed by atoms with Crippen LogP contribution in [0.1, 0.15) is 32.1 Å². The zero-order valence-electron chi connectivity index (χ0n) is 13.5. The van der Waals surface area contributed by atoms with Crippen molar-refractivity contribution in [2.24, 2.45) is 5.41 Å². The second-order valence-electron chi connectivity index (χ2n) is 7.01.